The van der Waals surface area contributed by atoms with Gasteiger partial charge in [0.1, 0.15) is 0 Å². The summed E-state index contributed by atoms with van der Waals surface area (Å²) in [5.41, 5.74) is 9.87. The topological polar surface area (TPSA) is 88.2 Å². The second-order valence-corrected chi connectivity index (χ2v) is 11.7. The average Bonchev–Trinajstić information content (AvgIpc) is 3.21. The minimum absolute atomic E-state index is 0.537. The first-order valence-corrected chi connectivity index (χ1v) is 16.2. The Morgan fingerprint density at radius 2 is 0.660 bits per heavy atom. The van der Waals surface area contributed by atoms with E-state index in [1.165, 1.54) is 0 Å². The maximum absolute atomic E-state index is 9.31. The first-order chi connectivity index (χ1) is 24.7. The molecule has 0 amide bonds. The molecule has 8 aromatic rings. The van der Waals surface area contributed by atoms with Crippen LogP contribution in [-0.4, -0.2) is 24.9 Å². The normalized spacial score (nSPS) is 10.8. The zero-order valence-electron chi connectivity index (χ0n) is 26.8. The van der Waals surface area contributed by atoms with E-state index in [9.17, 15) is 5.26 Å². The number of nitriles is 1. The van der Waals surface area contributed by atoms with Gasteiger partial charge in [0.15, 0.2) is 23.3 Å². The van der Waals surface area contributed by atoms with E-state index in [4.69, 9.17) is 24.9 Å². The Morgan fingerprint density at radius 1 is 0.300 bits per heavy atom. The van der Waals surface area contributed by atoms with Gasteiger partial charge in [-0.05, 0) is 53.6 Å². The van der Waals surface area contributed by atoms with Crippen LogP contribution in [-0.2, 0) is 0 Å². The zero-order chi connectivity index (χ0) is 33.7. The molecule has 0 saturated carbocycles. The molecule has 8 rings (SSSR count). The maximum atomic E-state index is 9.31. The summed E-state index contributed by atoms with van der Waals surface area (Å²) < 4.78 is 0. The van der Waals surface area contributed by atoms with Crippen LogP contribution < -0.4 is 0 Å². The van der Waals surface area contributed by atoms with Gasteiger partial charge in [-0.25, -0.2) is 24.9 Å². The maximum Gasteiger partial charge on any atom is 0.164 e. The molecule has 2 aromatic heterocycles. The number of aromatic nitrogens is 5. The molecule has 6 heteroatoms. The van der Waals surface area contributed by atoms with Crippen molar-refractivity contribution in [2.45, 2.75) is 0 Å². The van der Waals surface area contributed by atoms with Crippen molar-refractivity contribution < 1.29 is 0 Å². The van der Waals surface area contributed by atoms with Gasteiger partial charge in [-0.1, -0.05) is 127 Å². The molecule has 0 aliphatic rings. The summed E-state index contributed by atoms with van der Waals surface area (Å²) in [7, 11) is 0. The summed E-state index contributed by atoms with van der Waals surface area (Å²) in [6.45, 7) is 0. The SMILES string of the molecule is N#Cc1ccc(-c2nc(-c3ccccc3)nc(-c3cccc(-c4cccc(-c5nc(-c6ccccc6)cc(-c6ccccc6)n5)c4)c3)n2)cc1. The lowest BCUT2D eigenvalue weighted by Crippen LogP contribution is -2.00. The van der Waals surface area contributed by atoms with Crippen LogP contribution >= 0.6 is 0 Å². The molecule has 0 atom stereocenters. The van der Waals surface area contributed by atoms with E-state index >= 15 is 0 Å². The van der Waals surface area contributed by atoms with Crippen LogP contribution in [0, 0.1) is 11.3 Å². The first kappa shape index (κ1) is 30.2. The number of rotatable bonds is 7. The Bertz CT molecular complexity index is 2420. The Hall–Kier alpha value is -7.10. The van der Waals surface area contributed by atoms with Gasteiger partial charge < -0.3 is 0 Å². The van der Waals surface area contributed by atoms with Crippen molar-refractivity contribution in [1.82, 2.24) is 24.9 Å². The fraction of sp³-hybridized carbons (Fsp3) is 0. The molecule has 234 valence electrons. The molecule has 0 aliphatic heterocycles. The van der Waals surface area contributed by atoms with Gasteiger partial charge in [-0.2, -0.15) is 5.26 Å². The summed E-state index contributed by atoms with van der Waals surface area (Å²) in [6, 6.07) is 58.3. The van der Waals surface area contributed by atoms with Crippen LogP contribution in [0.2, 0.25) is 0 Å². The molecule has 0 N–H and O–H groups in total. The van der Waals surface area contributed by atoms with E-state index < -0.39 is 0 Å². The van der Waals surface area contributed by atoms with Crippen molar-refractivity contribution in [2.24, 2.45) is 0 Å². The van der Waals surface area contributed by atoms with Gasteiger partial charge in [0.25, 0.3) is 0 Å². The number of hydrogen-bond acceptors (Lipinski definition) is 6. The highest BCUT2D eigenvalue weighted by molar-refractivity contribution is 5.77. The van der Waals surface area contributed by atoms with Crippen molar-refractivity contribution in [3.05, 3.63) is 175 Å². The fourth-order valence-corrected chi connectivity index (χ4v) is 5.81. The van der Waals surface area contributed by atoms with Crippen LogP contribution in [0.25, 0.3) is 79.2 Å². The Morgan fingerprint density at radius 3 is 1.12 bits per heavy atom. The molecule has 0 fully saturated rings. The third-order valence-corrected chi connectivity index (χ3v) is 8.38. The van der Waals surface area contributed by atoms with E-state index in [0.717, 1.165) is 55.9 Å². The molecule has 0 saturated heterocycles. The smallest absolute Gasteiger partial charge is 0.164 e. The van der Waals surface area contributed by atoms with E-state index in [1.807, 2.05) is 109 Å². The molecular formula is C44H28N6. The summed E-state index contributed by atoms with van der Waals surface area (Å²) in [5, 5.41) is 9.31. The van der Waals surface area contributed by atoms with E-state index in [-0.39, 0.29) is 0 Å². The Balaban J connectivity index is 1.20. The average molecular weight is 641 g/mol. The van der Waals surface area contributed by atoms with Gasteiger partial charge in [0, 0.05) is 33.4 Å². The fourth-order valence-electron chi connectivity index (χ4n) is 5.81. The van der Waals surface area contributed by atoms with Gasteiger partial charge in [-0.3, -0.25) is 0 Å². The van der Waals surface area contributed by atoms with Crippen LogP contribution in [0.15, 0.2) is 170 Å². The second-order valence-electron chi connectivity index (χ2n) is 11.7. The number of benzene rings is 6. The highest BCUT2D eigenvalue weighted by Crippen LogP contribution is 2.32. The van der Waals surface area contributed by atoms with Crippen molar-refractivity contribution in [1.29, 1.82) is 5.26 Å². The minimum atomic E-state index is 0.537. The highest BCUT2D eigenvalue weighted by atomic mass is 15.0. The predicted molar refractivity (Wildman–Crippen MR) is 198 cm³/mol. The van der Waals surface area contributed by atoms with Gasteiger partial charge in [0.05, 0.1) is 23.0 Å². The zero-order valence-corrected chi connectivity index (χ0v) is 26.8. The monoisotopic (exact) mass is 640 g/mol. The van der Waals surface area contributed by atoms with E-state index in [2.05, 4.69) is 54.6 Å². The van der Waals surface area contributed by atoms with E-state index in [1.54, 1.807) is 12.1 Å². The molecule has 0 aliphatic carbocycles. The third-order valence-electron chi connectivity index (χ3n) is 8.38. The molecule has 6 nitrogen and oxygen atoms in total. The molecule has 6 aromatic carbocycles. The largest absolute Gasteiger partial charge is 0.228 e. The summed E-state index contributed by atoms with van der Waals surface area (Å²) >= 11 is 0. The molecule has 0 spiro atoms. The second kappa shape index (κ2) is 13.6. The molecule has 2 heterocycles. The Kier molecular flexibility index (Phi) is 8.20. The molecular weight excluding hydrogens is 613 g/mol. The lowest BCUT2D eigenvalue weighted by Gasteiger charge is -2.11. The molecule has 50 heavy (non-hydrogen) atoms. The summed E-state index contributed by atoms with van der Waals surface area (Å²) in [6.07, 6.45) is 0. The standard InChI is InChI=1S/C44H28N6/c45-29-30-22-24-34(25-23-30)42-48-41(33-16-8-3-9-17-33)49-44(50-42)38-21-11-19-36(27-38)35-18-10-20-37(26-35)43-46-39(31-12-4-1-5-13-31)28-40(47-43)32-14-6-2-7-15-32/h1-28H. The van der Waals surface area contributed by atoms with E-state index in [0.29, 0.717) is 28.9 Å². The van der Waals surface area contributed by atoms with Crippen molar-refractivity contribution in [2.75, 3.05) is 0 Å². The van der Waals surface area contributed by atoms with Gasteiger partial charge in [0.2, 0.25) is 0 Å². The third kappa shape index (κ3) is 6.40. The van der Waals surface area contributed by atoms with Crippen LogP contribution in [0.1, 0.15) is 5.56 Å². The van der Waals surface area contributed by atoms with Crippen LogP contribution in [0.5, 0.6) is 0 Å². The van der Waals surface area contributed by atoms with Crippen LogP contribution in [0.4, 0.5) is 0 Å². The number of nitrogens with zero attached hydrogens (tertiary/aromatic N) is 6. The number of hydrogen-bond donors (Lipinski definition) is 0. The lowest BCUT2D eigenvalue weighted by atomic mass is 10.00. The van der Waals surface area contributed by atoms with Gasteiger partial charge >= 0.3 is 0 Å². The molecule has 0 radical (unpaired) electrons. The van der Waals surface area contributed by atoms with Crippen LogP contribution in [0.3, 0.4) is 0 Å². The predicted octanol–water partition coefficient (Wildman–Crippen LogP) is 10.2. The summed E-state index contributed by atoms with van der Waals surface area (Å²) in [4.78, 5) is 24.7. The molecule has 0 unspecified atom stereocenters. The van der Waals surface area contributed by atoms with Gasteiger partial charge in [-0.15, -0.1) is 0 Å². The van der Waals surface area contributed by atoms with Crippen molar-refractivity contribution >= 4 is 0 Å². The lowest BCUT2D eigenvalue weighted by molar-refractivity contribution is 1.07. The van der Waals surface area contributed by atoms with Crippen molar-refractivity contribution in [3.8, 4) is 85.3 Å². The van der Waals surface area contributed by atoms with Crippen molar-refractivity contribution in [3.63, 3.8) is 0 Å². The minimum Gasteiger partial charge on any atom is -0.228 e. The summed E-state index contributed by atoms with van der Waals surface area (Å²) in [5.74, 6) is 2.32. The quantitative estimate of drug-likeness (QED) is 0.172. The first-order valence-electron chi connectivity index (χ1n) is 16.2. The molecule has 0 bridgehead atoms. The highest BCUT2D eigenvalue weighted by Gasteiger charge is 2.15. The Labute approximate surface area is 290 Å².